The largest absolute Gasteiger partial charge is 0.458 e. The van der Waals surface area contributed by atoms with Crippen LogP contribution in [0.3, 0.4) is 0 Å². The van der Waals surface area contributed by atoms with E-state index >= 15 is 0 Å². The zero-order valence-electron chi connectivity index (χ0n) is 10.2. The maximum atomic E-state index is 11.7. The number of carbonyl (C=O) groups excluding carboxylic acids is 1. The van der Waals surface area contributed by atoms with Crippen molar-refractivity contribution in [1.29, 1.82) is 0 Å². The number of aromatic nitrogens is 3. The minimum Gasteiger partial charge on any atom is -0.458 e. The second-order valence-electron chi connectivity index (χ2n) is 4.28. The molecule has 0 aromatic carbocycles. The molecule has 17 heavy (non-hydrogen) atoms. The summed E-state index contributed by atoms with van der Waals surface area (Å²) in [6, 6.07) is 0. The number of rotatable bonds is 6. The summed E-state index contributed by atoms with van der Waals surface area (Å²) in [6.45, 7) is 3.32. The number of nitrogens with zero attached hydrogens (tertiary/aromatic N) is 3. The molecule has 1 aliphatic carbocycles. The third-order valence-electron chi connectivity index (χ3n) is 2.82. The molecular formula is C11H17N3O3. The van der Waals surface area contributed by atoms with E-state index in [2.05, 4.69) is 10.3 Å². The molecule has 0 bridgehead atoms. The summed E-state index contributed by atoms with van der Waals surface area (Å²) in [6.07, 6.45) is 2.49. The monoisotopic (exact) mass is 239 g/mol. The minimum absolute atomic E-state index is 0.240. The molecule has 0 spiro atoms. The normalized spacial score (nSPS) is 14.9. The van der Waals surface area contributed by atoms with Crippen molar-refractivity contribution in [2.24, 2.45) is 5.92 Å². The topological polar surface area (TPSA) is 66.2 Å². The van der Waals surface area contributed by atoms with Crippen molar-refractivity contribution in [3.05, 3.63) is 11.4 Å². The van der Waals surface area contributed by atoms with Gasteiger partial charge in [-0.2, -0.15) is 0 Å². The Morgan fingerprint density at radius 1 is 1.47 bits per heavy atom. The van der Waals surface area contributed by atoms with E-state index < -0.39 is 5.97 Å². The third-order valence-corrected chi connectivity index (χ3v) is 2.82. The van der Waals surface area contributed by atoms with Crippen LogP contribution < -0.4 is 0 Å². The van der Waals surface area contributed by atoms with E-state index in [1.807, 2.05) is 6.92 Å². The summed E-state index contributed by atoms with van der Waals surface area (Å²) in [4.78, 5) is 11.7. The molecule has 1 aromatic heterocycles. The van der Waals surface area contributed by atoms with Crippen LogP contribution in [0.1, 0.15) is 29.0 Å². The van der Waals surface area contributed by atoms with Gasteiger partial charge < -0.3 is 9.47 Å². The fourth-order valence-electron chi connectivity index (χ4n) is 1.55. The second kappa shape index (κ2) is 5.27. The summed E-state index contributed by atoms with van der Waals surface area (Å²) in [5, 5.41) is 7.85. The Balaban J connectivity index is 1.94. The van der Waals surface area contributed by atoms with Crippen molar-refractivity contribution < 1.29 is 14.3 Å². The predicted octanol–water partition coefficient (Wildman–Crippen LogP) is 0.800. The standard InChI is InChI=1S/C11H17N3O3/c1-8-10(11(15)17-6-5-16-2)12-13-14(8)7-9-3-4-9/h9H,3-7H2,1-2H3. The Kier molecular flexibility index (Phi) is 3.73. The predicted molar refractivity (Wildman–Crippen MR) is 59.6 cm³/mol. The highest BCUT2D eigenvalue weighted by molar-refractivity contribution is 5.88. The van der Waals surface area contributed by atoms with Crippen molar-refractivity contribution in [1.82, 2.24) is 15.0 Å². The number of carbonyl (C=O) groups is 1. The smallest absolute Gasteiger partial charge is 0.360 e. The molecule has 6 nitrogen and oxygen atoms in total. The summed E-state index contributed by atoms with van der Waals surface area (Å²) in [7, 11) is 1.56. The van der Waals surface area contributed by atoms with Gasteiger partial charge in [-0.05, 0) is 25.7 Å². The average Bonchev–Trinajstić information content (AvgIpc) is 3.05. The van der Waals surface area contributed by atoms with Gasteiger partial charge in [0.1, 0.15) is 6.61 Å². The lowest BCUT2D eigenvalue weighted by Crippen LogP contribution is -2.12. The van der Waals surface area contributed by atoms with Gasteiger partial charge in [-0.25, -0.2) is 9.48 Å². The summed E-state index contributed by atoms with van der Waals surface area (Å²) in [5.74, 6) is 0.273. The van der Waals surface area contributed by atoms with Crippen molar-refractivity contribution in [3.63, 3.8) is 0 Å². The maximum absolute atomic E-state index is 11.7. The Morgan fingerprint density at radius 2 is 2.24 bits per heavy atom. The minimum atomic E-state index is -0.429. The van der Waals surface area contributed by atoms with Crippen molar-refractivity contribution in [2.75, 3.05) is 20.3 Å². The molecule has 1 aliphatic rings. The van der Waals surface area contributed by atoms with Gasteiger partial charge >= 0.3 is 5.97 Å². The van der Waals surface area contributed by atoms with E-state index in [0.29, 0.717) is 18.2 Å². The molecule has 0 atom stereocenters. The van der Waals surface area contributed by atoms with Crippen LogP contribution in [0.5, 0.6) is 0 Å². The molecular weight excluding hydrogens is 222 g/mol. The summed E-state index contributed by atoms with van der Waals surface area (Å²) >= 11 is 0. The molecule has 1 heterocycles. The maximum Gasteiger partial charge on any atom is 0.360 e. The van der Waals surface area contributed by atoms with Gasteiger partial charge in [-0.3, -0.25) is 0 Å². The van der Waals surface area contributed by atoms with E-state index in [-0.39, 0.29) is 6.61 Å². The first kappa shape index (κ1) is 12.0. The number of hydrogen-bond acceptors (Lipinski definition) is 5. The SMILES string of the molecule is COCCOC(=O)c1nnn(CC2CC2)c1C. The Morgan fingerprint density at radius 3 is 2.88 bits per heavy atom. The summed E-state index contributed by atoms with van der Waals surface area (Å²) < 4.78 is 11.6. The number of methoxy groups -OCH3 is 1. The summed E-state index contributed by atoms with van der Waals surface area (Å²) in [5.41, 5.74) is 1.08. The van der Waals surface area contributed by atoms with Gasteiger partial charge in [0.2, 0.25) is 0 Å². The molecule has 0 aliphatic heterocycles. The highest BCUT2D eigenvalue weighted by Gasteiger charge is 2.25. The molecule has 6 heteroatoms. The van der Waals surface area contributed by atoms with E-state index in [0.717, 1.165) is 12.2 Å². The van der Waals surface area contributed by atoms with E-state index in [4.69, 9.17) is 9.47 Å². The third kappa shape index (κ3) is 3.03. The van der Waals surface area contributed by atoms with E-state index in [1.165, 1.54) is 12.8 Å². The van der Waals surface area contributed by atoms with Gasteiger partial charge in [0.25, 0.3) is 0 Å². The van der Waals surface area contributed by atoms with Crippen LogP contribution in [0.4, 0.5) is 0 Å². The second-order valence-corrected chi connectivity index (χ2v) is 4.28. The lowest BCUT2D eigenvalue weighted by atomic mass is 10.3. The fourth-order valence-corrected chi connectivity index (χ4v) is 1.55. The van der Waals surface area contributed by atoms with Crippen molar-refractivity contribution in [3.8, 4) is 0 Å². The highest BCUT2D eigenvalue weighted by atomic mass is 16.6. The van der Waals surface area contributed by atoms with E-state index in [9.17, 15) is 4.79 Å². The Labute approximate surface area is 99.9 Å². The molecule has 0 amide bonds. The van der Waals surface area contributed by atoms with Crippen LogP contribution in [-0.2, 0) is 16.0 Å². The fraction of sp³-hybridized carbons (Fsp3) is 0.727. The quantitative estimate of drug-likeness (QED) is 0.542. The zero-order chi connectivity index (χ0) is 12.3. The molecule has 94 valence electrons. The van der Waals surface area contributed by atoms with Crippen LogP contribution in [0.2, 0.25) is 0 Å². The van der Waals surface area contributed by atoms with Crippen LogP contribution in [0.15, 0.2) is 0 Å². The molecule has 1 aromatic rings. The zero-order valence-corrected chi connectivity index (χ0v) is 10.2. The van der Waals surface area contributed by atoms with Gasteiger partial charge in [0.05, 0.1) is 12.3 Å². The molecule has 0 unspecified atom stereocenters. The molecule has 0 radical (unpaired) electrons. The number of ether oxygens (including phenoxy) is 2. The van der Waals surface area contributed by atoms with Crippen LogP contribution >= 0.6 is 0 Å². The molecule has 0 saturated heterocycles. The van der Waals surface area contributed by atoms with Crippen LogP contribution in [0, 0.1) is 12.8 Å². The molecule has 2 rings (SSSR count). The van der Waals surface area contributed by atoms with Gasteiger partial charge in [0.15, 0.2) is 5.69 Å². The number of hydrogen-bond donors (Lipinski definition) is 0. The lowest BCUT2D eigenvalue weighted by molar-refractivity contribution is 0.0380. The Bertz CT molecular complexity index is 399. The Hall–Kier alpha value is -1.43. The molecule has 0 N–H and O–H groups in total. The number of esters is 1. The van der Waals surface area contributed by atoms with E-state index in [1.54, 1.807) is 11.8 Å². The molecule has 1 fully saturated rings. The average molecular weight is 239 g/mol. The first-order valence-electron chi connectivity index (χ1n) is 5.78. The van der Waals surface area contributed by atoms with Crippen molar-refractivity contribution >= 4 is 5.97 Å². The first-order valence-corrected chi connectivity index (χ1v) is 5.78. The van der Waals surface area contributed by atoms with Gasteiger partial charge in [0, 0.05) is 13.7 Å². The lowest BCUT2D eigenvalue weighted by Gasteiger charge is -2.03. The first-order chi connectivity index (χ1) is 8.22. The van der Waals surface area contributed by atoms with Gasteiger partial charge in [-0.1, -0.05) is 5.21 Å². The van der Waals surface area contributed by atoms with Crippen molar-refractivity contribution in [2.45, 2.75) is 26.3 Å². The van der Waals surface area contributed by atoms with Crippen LogP contribution in [-0.4, -0.2) is 41.3 Å². The van der Waals surface area contributed by atoms with Crippen LogP contribution in [0.25, 0.3) is 0 Å². The molecule has 1 saturated carbocycles. The highest BCUT2D eigenvalue weighted by Crippen LogP contribution is 2.30. The van der Waals surface area contributed by atoms with Gasteiger partial charge in [-0.15, -0.1) is 5.10 Å².